The molecule has 5 aromatic rings. The van der Waals surface area contributed by atoms with Crippen LogP contribution in [0.1, 0.15) is 47.5 Å². The highest BCUT2D eigenvalue weighted by atomic mass is 32.1. The summed E-state index contributed by atoms with van der Waals surface area (Å²) < 4.78 is 35.4. The van der Waals surface area contributed by atoms with E-state index in [2.05, 4.69) is 10.1 Å². The van der Waals surface area contributed by atoms with Crippen molar-refractivity contribution < 1.29 is 22.9 Å². The van der Waals surface area contributed by atoms with Gasteiger partial charge in [-0.1, -0.05) is 11.2 Å². The molecule has 1 unspecified atom stereocenters. The number of aromatic nitrogens is 4. The molecule has 1 fully saturated rings. The Hall–Kier alpha value is -4.45. The fourth-order valence-corrected chi connectivity index (χ4v) is 6.36. The maximum atomic E-state index is 14.3. The lowest BCUT2D eigenvalue weighted by Crippen LogP contribution is -2.39. The van der Waals surface area contributed by atoms with Crippen LogP contribution >= 0.6 is 11.3 Å². The van der Waals surface area contributed by atoms with Crippen LogP contribution in [0.5, 0.6) is 0 Å². The molecule has 0 aliphatic carbocycles. The number of halogens is 2. The van der Waals surface area contributed by atoms with Gasteiger partial charge < -0.3 is 14.3 Å². The molecule has 1 atom stereocenters. The first-order valence-electron chi connectivity index (χ1n) is 13.5. The molecule has 0 spiro atoms. The molecule has 2 amide bonds. The standard InChI is InChI=1S/C30H28F2N6O3S/c1-16-28(17(2)41-35-16)18-8-11-24-23(12-18)34-29(38(24)30-33-15-20(42-30)14-27(40)36(3)4)25-6-5-7-26(39)37(25)19-9-10-21(31)22(32)13-19/h8-13,15,25H,5-7,14H2,1-4H3. The van der Waals surface area contributed by atoms with E-state index in [-0.39, 0.29) is 30.3 Å². The number of hydrogen-bond acceptors (Lipinski definition) is 7. The van der Waals surface area contributed by atoms with Gasteiger partial charge >= 0.3 is 0 Å². The van der Waals surface area contributed by atoms with Crippen molar-refractivity contribution in [2.45, 2.75) is 45.6 Å². The maximum absolute atomic E-state index is 14.3. The molecule has 42 heavy (non-hydrogen) atoms. The van der Waals surface area contributed by atoms with E-state index >= 15 is 0 Å². The summed E-state index contributed by atoms with van der Waals surface area (Å²) in [6, 6.07) is 8.75. The van der Waals surface area contributed by atoms with Gasteiger partial charge in [-0.3, -0.25) is 14.2 Å². The van der Waals surface area contributed by atoms with Crippen molar-refractivity contribution in [1.29, 1.82) is 0 Å². The highest BCUT2D eigenvalue weighted by molar-refractivity contribution is 7.14. The number of thiazole rings is 1. The van der Waals surface area contributed by atoms with Crippen molar-refractivity contribution in [2.24, 2.45) is 0 Å². The summed E-state index contributed by atoms with van der Waals surface area (Å²) in [5, 5.41) is 4.66. The number of carbonyl (C=O) groups is 2. The van der Waals surface area contributed by atoms with Crippen LogP contribution in [0.2, 0.25) is 0 Å². The Kier molecular flexibility index (Phi) is 7.09. The van der Waals surface area contributed by atoms with Crippen LogP contribution < -0.4 is 4.90 Å². The minimum atomic E-state index is -1.03. The van der Waals surface area contributed by atoms with E-state index in [1.807, 2.05) is 36.6 Å². The lowest BCUT2D eigenvalue weighted by molar-refractivity contribution is -0.128. The Labute approximate surface area is 244 Å². The SMILES string of the molecule is Cc1noc(C)c1-c1ccc2c(c1)nc(C1CCCC(=O)N1c1ccc(F)c(F)c1)n2-c1ncc(CC(=O)N(C)C)s1. The Morgan fingerprint density at radius 3 is 2.67 bits per heavy atom. The van der Waals surface area contributed by atoms with E-state index in [4.69, 9.17) is 9.51 Å². The summed E-state index contributed by atoms with van der Waals surface area (Å²) in [5.74, 6) is -1.04. The Bertz CT molecular complexity index is 1820. The van der Waals surface area contributed by atoms with Gasteiger partial charge in [-0.15, -0.1) is 11.3 Å². The largest absolute Gasteiger partial charge is 0.361 e. The predicted octanol–water partition coefficient (Wildman–Crippen LogP) is 5.92. The molecule has 0 bridgehead atoms. The molecular formula is C30H28F2N6O3S. The molecule has 12 heteroatoms. The van der Waals surface area contributed by atoms with Crippen LogP contribution in [0, 0.1) is 25.5 Å². The first-order chi connectivity index (χ1) is 20.1. The van der Waals surface area contributed by atoms with Crippen LogP contribution in [-0.2, 0) is 16.0 Å². The Morgan fingerprint density at radius 1 is 1.14 bits per heavy atom. The van der Waals surface area contributed by atoms with Crippen LogP contribution in [0.3, 0.4) is 0 Å². The van der Waals surface area contributed by atoms with Gasteiger partial charge in [0.05, 0.1) is 29.2 Å². The number of amides is 2. The van der Waals surface area contributed by atoms with E-state index in [1.54, 1.807) is 20.3 Å². The number of carbonyl (C=O) groups excluding carboxylic acids is 2. The molecule has 0 radical (unpaired) electrons. The zero-order valence-corrected chi connectivity index (χ0v) is 24.3. The number of aryl methyl sites for hydroxylation is 2. The van der Waals surface area contributed by atoms with E-state index in [1.165, 1.54) is 27.2 Å². The second-order valence-corrected chi connectivity index (χ2v) is 11.6. The molecule has 1 aliphatic rings. The molecule has 6 rings (SSSR count). The summed E-state index contributed by atoms with van der Waals surface area (Å²) in [7, 11) is 3.41. The molecular weight excluding hydrogens is 562 g/mol. The first-order valence-corrected chi connectivity index (χ1v) is 14.3. The Balaban J connectivity index is 1.53. The zero-order valence-electron chi connectivity index (χ0n) is 23.5. The number of benzene rings is 2. The monoisotopic (exact) mass is 590 g/mol. The summed E-state index contributed by atoms with van der Waals surface area (Å²) in [6.07, 6.45) is 3.32. The molecule has 0 saturated carbocycles. The van der Waals surface area contributed by atoms with Crippen molar-refractivity contribution in [2.75, 3.05) is 19.0 Å². The van der Waals surface area contributed by atoms with E-state index in [9.17, 15) is 18.4 Å². The number of anilines is 1. The number of fused-ring (bicyclic) bond motifs is 1. The van der Waals surface area contributed by atoms with Crippen molar-refractivity contribution in [3.05, 3.63) is 76.4 Å². The average molecular weight is 591 g/mol. The summed E-state index contributed by atoms with van der Waals surface area (Å²) >= 11 is 1.36. The van der Waals surface area contributed by atoms with E-state index in [0.717, 1.165) is 39.3 Å². The van der Waals surface area contributed by atoms with Gasteiger partial charge in [-0.05, 0) is 56.5 Å². The lowest BCUT2D eigenvalue weighted by atomic mass is 9.99. The fraction of sp³-hybridized carbons (Fsp3) is 0.300. The van der Waals surface area contributed by atoms with Crippen LogP contribution in [-0.4, -0.2) is 50.5 Å². The van der Waals surface area contributed by atoms with E-state index < -0.39 is 17.7 Å². The summed E-state index contributed by atoms with van der Waals surface area (Å²) in [6.45, 7) is 3.72. The van der Waals surface area contributed by atoms with Crippen molar-refractivity contribution in [3.8, 4) is 16.3 Å². The van der Waals surface area contributed by atoms with Gasteiger partial charge in [0.2, 0.25) is 11.8 Å². The topological polar surface area (TPSA) is 97.4 Å². The summed E-state index contributed by atoms with van der Waals surface area (Å²) in [4.78, 5) is 39.2. The quantitative estimate of drug-likeness (QED) is 0.244. The normalized spacial score (nSPS) is 15.5. The first kappa shape index (κ1) is 27.7. The van der Waals surface area contributed by atoms with Crippen molar-refractivity contribution >= 4 is 39.9 Å². The second kappa shape index (κ2) is 10.8. The van der Waals surface area contributed by atoms with Crippen LogP contribution in [0.25, 0.3) is 27.3 Å². The maximum Gasteiger partial charge on any atom is 0.227 e. The van der Waals surface area contributed by atoms with Crippen LogP contribution in [0.4, 0.5) is 14.5 Å². The minimum absolute atomic E-state index is 0.0487. The molecule has 0 N–H and O–H groups in total. The molecule has 9 nitrogen and oxygen atoms in total. The second-order valence-electron chi connectivity index (χ2n) is 10.6. The highest BCUT2D eigenvalue weighted by Crippen LogP contribution is 2.40. The average Bonchev–Trinajstić information content (AvgIpc) is 3.66. The number of piperidine rings is 1. The van der Waals surface area contributed by atoms with Crippen LogP contribution in [0.15, 0.2) is 47.1 Å². The molecule has 4 heterocycles. The smallest absolute Gasteiger partial charge is 0.227 e. The fourth-order valence-electron chi connectivity index (χ4n) is 5.44. The van der Waals surface area contributed by atoms with Gasteiger partial charge in [-0.25, -0.2) is 18.7 Å². The van der Waals surface area contributed by atoms with Gasteiger partial charge in [0.15, 0.2) is 16.8 Å². The molecule has 3 aromatic heterocycles. The predicted molar refractivity (Wildman–Crippen MR) is 155 cm³/mol. The third-order valence-electron chi connectivity index (χ3n) is 7.49. The molecule has 216 valence electrons. The number of rotatable bonds is 6. The molecule has 1 aliphatic heterocycles. The lowest BCUT2D eigenvalue weighted by Gasteiger charge is -2.35. The van der Waals surface area contributed by atoms with Gasteiger partial charge in [-0.2, -0.15) is 0 Å². The zero-order chi connectivity index (χ0) is 29.7. The van der Waals surface area contributed by atoms with Crippen molar-refractivity contribution in [1.82, 2.24) is 24.6 Å². The Morgan fingerprint density at radius 2 is 1.95 bits per heavy atom. The number of imidazole rings is 1. The molecule has 2 aromatic carbocycles. The van der Waals surface area contributed by atoms with E-state index in [0.29, 0.717) is 35.1 Å². The summed E-state index contributed by atoms with van der Waals surface area (Å²) in [5.41, 5.74) is 4.18. The third kappa shape index (κ3) is 4.85. The number of hydrogen-bond donors (Lipinski definition) is 0. The van der Waals surface area contributed by atoms with Gasteiger partial charge in [0.25, 0.3) is 0 Å². The van der Waals surface area contributed by atoms with Crippen molar-refractivity contribution in [3.63, 3.8) is 0 Å². The van der Waals surface area contributed by atoms with Gasteiger partial charge in [0.1, 0.15) is 11.6 Å². The van der Waals surface area contributed by atoms with Gasteiger partial charge in [0, 0.05) is 48.9 Å². The molecule has 1 saturated heterocycles. The highest BCUT2D eigenvalue weighted by Gasteiger charge is 2.35. The number of likely N-dealkylation sites (N-methyl/N-ethyl adjacent to an activating group) is 1. The minimum Gasteiger partial charge on any atom is -0.361 e. The number of nitrogens with zero attached hydrogens (tertiary/aromatic N) is 6. The third-order valence-corrected chi connectivity index (χ3v) is 8.47.